The monoisotopic (exact) mass is 298 g/mol. The lowest BCUT2D eigenvalue weighted by Gasteiger charge is -2.14. The molecule has 1 atom stereocenters. The molecule has 0 aliphatic heterocycles. The van der Waals surface area contributed by atoms with Gasteiger partial charge in [-0.05, 0) is 25.1 Å². The fourth-order valence-corrected chi connectivity index (χ4v) is 3.35. The van der Waals surface area contributed by atoms with Gasteiger partial charge < -0.3 is 10.4 Å². The predicted molar refractivity (Wildman–Crippen MR) is 87.8 cm³/mol. The molecule has 108 valence electrons. The van der Waals surface area contributed by atoms with Gasteiger partial charge in [-0.2, -0.15) is 0 Å². The highest BCUT2D eigenvalue weighted by Crippen LogP contribution is 2.24. The van der Waals surface area contributed by atoms with Gasteiger partial charge in [0.15, 0.2) is 0 Å². The van der Waals surface area contributed by atoms with Crippen LogP contribution in [0.25, 0.3) is 10.2 Å². The molecule has 0 spiro atoms. The average molecular weight is 298 g/mol. The Morgan fingerprint density at radius 1 is 1.14 bits per heavy atom. The first-order chi connectivity index (χ1) is 10.2. The van der Waals surface area contributed by atoms with Gasteiger partial charge in [-0.25, -0.2) is 4.98 Å². The summed E-state index contributed by atoms with van der Waals surface area (Å²) in [6.07, 6.45) is 0.900. The topological polar surface area (TPSA) is 45.2 Å². The molecule has 2 N–H and O–H groups in total. The summed E-state index contributed by atoms with van der Waals surface area (Å²) >= 11 is 1.75. The zero-order chi connectivity index (χ0) is 14.7. The average Bonchev–Trinajstić information content (AvgIpc) is 2.90. The number of hydrogen-bond donors (Lipinski definition) is 2. The van der Waals surface area contributed by atoms with Crippen molar-refractivity contribution in [1.29, 1.82) is 0 Å². The van der Waals surface area contributed by atoms with Crippen LogP contribution < -0.4 is 5.32 Å². The molecule has 0 bridgehead atoms. The number of fused-ring (bicyclic) bond motifs is 1. The Kier molecular flexibility index (Phi) is 4.18. The van der Waals surface area contributed by atoms with Crippen molar-refractivity contribution in [3.8, 4) is 5.75 Å². The Morgan fingerprint density at radius 3 is 2.71 bits per heavy atom. The zero-order valence-electron chi connectivity index (χ0n) is 11.9. The van der Waals surface area contributed by atoms with Crippen LogP contribution >= 0.6 is 11.3 Å². The minimum absolute atomic E-state index is 0.126. The largest absolute Gasteiger partial charge is 0.508 e. The lowest BCUT2D eigenvalue weighted by molar-refractivity contribution is 0.453. The third kappa shape index (κ3) is 3.23. The second-order valence-electron chi connectivity index (χ2n) is 5.06. The van der Waals surface area contributed by atoms with E-state index in [-0.39, 0.29) is 6.04 Å². The van der Waals surface area contributed by atoms with Gasteiger partial charge in [0, 0.05) is 24.6 Å². The molecular formula is C17H18N2OS. The van der Waals surface area contributed by atoms with Gasteiger partial charge in [-0.15, -0.1) is 11.3 Å². The maximum atomic E-state index is 9.84. The molecule has 3 nitrogen and oxygen atoms in total. The Bertz CT molecular complexity index is 705. The lowest BCUT2D eigenvalue weighted by Crippen LogP contribution is -2.21. The minimum atomic E-state index is 0.126. The van der Waals surface area contributed by atoms with E-state index in [9.17, 15) is 5.11 Å². The molecule has 1 unspecified atom stereocenters. The zero-order valence-corrected chi connectivity index (χ0v) is 12.7. The number of hydrogen-bond acceptors (Lipinski definition) is 4. The molecule has 3 rings (SSSR count). The van der Waals surface area contributed by atoms with Gasteiger partial charge in [0.05, 0.1) is 15.2 Å². The van der Waals surface area contributed by atoms with E-state index >= 15 is 0 Å². The molecule has 0 radical (unpaired) electrons. The fraction of sp³-hybridized carbons (Fsp3) is 0.235. The van der Waals surface area contributed by atoms with Crippen LogP contribution in [0.2, 0.25) is 0 Å². The van der Waals surface area contributed by atoms with Crippen molar-refractivity contribution < 1.29 is 5.11 Å². The summed E-state index contributed by atoms with van der Waals surface area (Å²) in [5, 5.41) is 14.4. The standard InChI is InChI=1S/C17H18N2OS/c1-12(13-6-2-4-8-15(13)20)18-11-10-17-19-14-7-3-5-9-16(14)21-17/h2-9,12,18,20H,10-11H2,1H3. The molecule has 0 saturated heterocycles. The van der Waals surface area contributed by atoms with Crippen molar-refractivity contribution >= 4 is 21.6 Å². The van der Waals surface area contributed by atoms with Gasteiger partial charge in [0.25, 0.3) is 0 Å². The molecule has 1 heterocycles. The highest BCUT2D eigenvalue weighted by molar-refractivity contribution is 7.18. The highest BCUT2D eigenvalue weighted by Gasteiger charge is 2.09. The van der Waals surface area contributed by atoms with Gasteiger partial charge in [0.2, 0.25) is 0 Å². The van der Waals surface area contributed by atoms with Crippen molar-refractivity contribution in [2.45, 2.75) is 19.4 Å². The summed E-state index contributed by atoms with van der Waals surface area (Å²) in [5.74, 6) is 0.345. The Hall–Kier alpha value is -1.91. The number of thiazole rings is 1. The molecular weight excluding hydrogens is 280 g/mol. The van der Waals surface area contributed by atoms with Gasteiger partial charge in [-0.1, -0.05) is 30.3 Å². The molecule has 0 fully saturated rings. The third-order valence-corrected chi connectivity index (χ3v) is 4.63. The molecule has 0 amide bonds. The number of benzene rings is 2. The maximum Gasteiger partial charge on any atom is 0.120 e. The van der Waals surface area contributed by atoms with E-state index in [0.29, 0.717) is 5.75 Å². The molecule has 0 saturated carbocycles. The van der Waals surface area contributed by atoms with Crippen molar-refractivity contribution in [3.63, 3.8) is 0 Å². The summed E-state index contributed by atoms with van der Waals surface area (Å²) in [4.78, 5) is 4.63. The van der Waals surface area contributed by atoms with Crippen LogP contribution in [-0.2, 0) is 6.42 Å². The summed E-state index contributed by atoms with van der Waals surface area (Å²) in [7, 11) is 0. The number of phenols is 1. The molecule has 0 aliphatic rings. The quantitative estimate of drug-likeness (QED) is 0.751. The van der Waals surface area contributed by atoms with Gasteiger partial charge in [0.1, 0.15) is 5.75 Å². The molecule has 2 aromatic carbocycles. The SMILES string of the molecule is CC(NCCc1nc2ccccc2s1)c1ccccc1O. The molecule has 4 heteroatoms. The number of aromatic nitrogens is 1. The van der Waals surface area contributed by atoms with Crippen LogP contribution in [0.15, 0.2) is 48.5 Å². The number of rotatable bonds is 5. The minimum Gasteiger partial charge on any atom is -0.508 e. The Balaban J connectivity index is 1.59. The lowest BCUT2D eigenvalue weighted by atomic mass is 10.1. The summed E-state index contributed by atoms with van der Waals surface area (Å²) in [6.45, 7) is 2.91. The number of para-hydroxylation sites is 2. The number of nitrogens with zero attached hydrogens (tertiary/aromatic N) is 1. The van der Waals surface area contributed by atoms with E-state index in [1.807, 2.05) is 36.4 Å². The molecule has 3 aromatic rings. The fourth-order valence-electron chi connectivity index (χ4n) is 2.39. The Labute approximate surface area is 128 Å². The summed E-state index contributed by atoms with van der Waals surface area (Å²) in [6, 6.07) is 15.8. The first kappa shape index (κ1) is 14.0. The van der Waals surface area contributed by atoms with E-state index in [0.717, 1.165) is 29.1 Å². The molecule has 21 heavy (non-hydrogen) atoms. The number of aromatic hydroxyl groups is 1. The van der Waals surface area contributed by atoms with Crippen LogP contribution in [0.3, 0.4) is 0 Å². The summed E-state index contributed by atoms with van der Waals surface area (Å²) in [5.41, 5.74) is 2.01. The highest BCUT2D eigenvalue weighted by atomic mass is 32.1. The molecule has 0 aliphatic carbocycles. The van der Waals surface area contributed by atoms with Crippen LogP contribution in [0.5, 0.6) is 5.75 Å². The van der Waals surface area contributed by atoms with Gasteiger partial charge in [-0.3, -0.25) is 0 Å². The second kappa shape index (κ2) is 6.24. The van der Waals surface area contributed by atoms with Gasteiger partial charge >= 0.3 is 0 Å². The molecule has 1 aromatic heterocycles. The smallest absolute Gasteiger partial charge is 0.120 e. The Morgan fingerprint density at radius 2 is 1.90 bits per heavy atom. The summed E-state index contributed by atoms with van der Waals surface area (Å²) < 4.78 is 1.24. The van der Waals surface area contributed by atoms with Crippen LogP contribution in [0.1, 0.15) is 23.5 Å². The van der Waals surface area contributed by atoms with Crippen LogP contribution in [0, 0.1) is 0 Å². The van der Waals surface area contributed by atoms with Crippen LogP contribution in [0.4, 0.5) is 0 Å². The number of phenolic OH excluding ortho intramolecular Hbond substituents is 1. The second-order valence-corrected chi connectivity index (χ2v) is 6.18. The maximum absolute atomic E-state index is 9.84. The van der Waals surface area contributed by atoms with Crippen molar-refractivity contribution in [2.75, 3.05) is 6.54 Å². The van der Waals surface area contributed by atoms with E-state index < -0.39 is 0 Å². The van der Waals surface area contributed by atoms with Crippen LogP contribution in [-0.4, -0.2) is 16.6 Å². The first-order valence-electron chi connectivity index (χ1n) is 7.10. The number of nitrogens with one attached hydrogen (secondary N) is 1. The van der Waals surface area contributed by atoms with Crippen molar-refractivity contribution in [3.05, 3.63) is 59.1 Å². The van der Waals surface area contributed by atoms with E-state index in [1.54, 1.807) is 17.4 Å². The predicted octanol–water partition coefficient (Wildman–Crippen LogP) is 3.90. The van der Waals surface area contributed by atoms with Crippen molar-refractivity contribution in [1.82, 2.24) is 10.3 Å². The van der Waals surface area contributed by atoms with E-state index in [2.05, 4.69) is 23.3 Å². The third-order valence-electron chi connectivity index (χ3n) is 3.53. The van der Waals surface area contributed by atoms with E-state index in [1.165, 1.54) is 4.70 Å². The first-order valence-corrected chi connectivity index (χ1v) is 7.91. The van der Waals surface area contributed by atoms with E-state index in [4.69, 9.17) is 0 Å². The van der Waals surface area contributed by atoms with Crippen molar-refractivity contribution in [2.24, 2.45) is 0 Å². The normalized spacial score (nSPS) is 12.6.